The lowest BCUT2D eigenvalue weighted by molar-refractivity contribution is -0.384. The zero-order valence-corrected chi connectivity index (χ0v) is 17.2. The minimum absolute atomic E-state index is 0.103. The predicted molar refractivity (Wildman–Crippen MR) is 113 cm³/mol. The Hall–Kier alpha value is -3.51. The summed E-state index contributed by atoms with van der Waals surface area (Å²) < 4.78 is 5.62. The molecule has 1 heterocycles. The molecule has 0 saturated heterocycles. The van der Waals surface area contributed by atoms with Gasteiger partial charge in [0.05, 0.1) is 17.8 Å². The lowest BCUT2D eigenvalue weighted by Gasteiger charge is -2.06. The Morgan fingerprint density at radius 3 is 2.63 bits per heavy atom. The molecule has 0 aliphatic carbocycles. The number of hydrogen-bond acceptors (Lipinski definition) is 9. The maximum atomic E-state index is 12.2. The quantitative estimate of drug-likeness (QED) is 0.233. The number of nitro benzene ring substituents is 1. The van der Waals surface area contributed by atoms with Crippen molar-refractivity contribution in [2.24, 2.45) is 0 Å². The lowest BCUT2D eigenvalue weighted by atomic mass is 10.2. The maximum absolute atomic E-state index is 12.2. The standard InChI is InChI=1S/C18H15N5O5S2/c1-28-14-4-2-3-12(9-14)19-15(24)10-29-18-22-21-17(30-18)20-16(25)11-5-7-13(8-6-11)23(26)27/h2-9H,10H2,1H3,(H,19,24)(H,20,21,25). The SMILES string of the molecule is COc1cccc(NC(=O)CSc2nnc(NC(=O)c3ccc([N+](=O)[O-])cc3)s2)c1. The van der Waals surface area contributed by atoms with Gasteiger partial charge in [0.2, 0.25) is 11.0 Å². The Morgan fingerprint density at radius 2 is 1.93 bits per heavy atom. The molecule has 2 N–H and O–H groups in total. The Labute approximate surface area is 178 Å². The monoisotopic (exact) mass is 445 g/mol. The zero-order valence-electron chi connectivity index (χ0n) is 15.5. The molecule has 3 rings (SSSR count). The fourth-order valence-electron chi connectivity index (χ4n) is 2.25. The average Bonchev–Trinajstić information content (AvgIpc) is 3.19. The van der Waals surface area contributed by atoms with E-state index in [4.69, 9.17) is 4.74 Å². The van der Waals surface area contributed by atoms with Gasteiger partial charge in [-0.1, -0.05) is 29.2 Å². The van der Waals surface area contributed by atoms with Crippen molar-refractivity contribution in [2.75, 3.05) is 23.5 Å². The molecule has 3 aromatic rings. The molecule has 1 aromatic heterocycles. The summed E-state index contributed by atoms with van der Waals surface area (Å²) in [6, 6.07) is 12.2. The van der Waals surface area contributed by atoms with Gasteiger partial charge < -0.3 is 10.1 Å². The fraction of sp³-hybridized carbons (Fsp3) is 0.111. The second kappa shape index (κ2) is 9.80. The number of methoxy groups -OCH3 is 1. The van der Waals surface area contributed by atoms with Gasteiger partial charge in [-0.05, 0) is 24.3 Å². The third-order valence-corrected chi connectivity index (χ3v) is 5.62. The summed E-state index contributed by atoms with van der Waals surface area (Å²) in [5.74, 6) is 0.0635. The van der Waals surface area contributed by atoms with Crippen LogP contribution in [-0.2, 0) is 4.79 Å². The van der Waals surface area contributed by atoms with Crippen LogP contribution < -0.4 is 15.4 Å². The van der Waals surface area contributed by atoms with Gasteiger partial charge in [0.1, 0.15) is 5.75 Å². The summed E-state index contributed by atoms with van der Waals surface area (Å²) in [6.07, 6.45) is 0. The van der Waals surface area contributed by atoms with Crippen LogP contribution in [0.4, 0.5) is 16.5 Å². The molecule has 0 saturated carbocycles. The van der Waals surface area contributed by atoms with Crippen LogP contribution in [0.15, 0.2) is 52.9 Å². The molecule has 0 spiro atoms. The van der Waals surface area contributed by atoms with Gasteiger partial charge in [-0.15, -0.1) is 10.2 Å². The number of nitrogens with one attached hydrogen (secondary N) is 2. The molecule has 0 aliphatic rings. The molecule has 2 amide bonds. The summed E-state index contributed by atoms with van der Waals surface area (Å²) in [7, 11) is 1.55. The molecule has 0 aliphatic heterocycles. The molecule has 10 nitrogen and oxygen atoms in total. The third kappa shape index (κ3) is 5.75. The highest BCUT2D eigenvalue weighted by atomic mass is 32.2. The summed E-state index contributed by atoms with van der Waals surface area (Å²) in [5.41, 5.74) is 0.768. The van der Waals surface area contributed by atoms with Crippen LogP contribution in [0.3, 0.4) is 0 Å². The van der Waals surface area contributed by atoms with E-state index in [1.807, 2.05) is 0 Å². The number of nitro groups is 1. The molecule has 0 atom stereocenters. The Balaban J connectivity index is 1.51. The van der Waals surface area contributed by atoms with Crippen molar-refractivity contribution in [1.82, 2.24) is 10.2 Å². The van der Waals surface area contributed by atoms with Crippen LogP contribution in [0.2, 0.25) is 0 Å². The van der Waals surface area contributed by atoms with E-state index in [0.717, 1.165) is 11.3 Å². The van der Waals surface area contributed by atoms with Crippen LogP contribution in [0.5, 0.6) is 5.75 Å². The number of rotatable bonds is 8. The number of hydrogen-bond donors (Lipinski definition) is 2. The van der Waals surface area contributed by atoms with E-state index in [9.17, 15) is 19.7 Å². The fourth-order valence-corrected chi connectivity index (χ4v) is 3.79. The first kappa shape index (κ1) is 21.2. The normalized spacial score (nSPS) is 10.3. The minimum Gasteiger partial charge on any atom is -0.497 e. The van der Waals surface area contributed by atoms with E-state index in [1.54, 1.807) is 31.4 Å². The number of carbonyl (C=O) groups is 2. The van der Waals surface area contributed by atoms with Crippen LogP contribution in [0.1, 0.15) is 10.4 Å². The molecule has 0 radical (unpaired) electrons. The van der Waals surface area contributed by atoms with E-state index in [1.165, 1.54) is 36.0 Å². The van der Waals surface area contributed by atoms with Crippen molar-refractivity contribution >= 4 is 51.4 Å². The van der Waals surface area contributed by atoms with E-state index in [2.05, 4.69) is 20.8 Å². The van der Waals surface area contributed by atoms with Crippen molar-refractivity contribution in [2.45, 2.75) is 4.34 Å². The molecule has 2 aromatic carbocycles. The summed E-state index contributed by atoms with van der Waals surface area (Å²) in [4.78, 5) is 34.4. The molecular formula is C18H15N5O5S2. The number of nitrogens with zero attached hydrogens (tertiary/aromatic N) is 3. The first-order chi connectivity index (χ1) is 14.4. The Morgan fingerprint density at radius 1 is 1.17 bits per heavy atom. The molecular weight excluding hydrogens is 430 g/mol. The molecule has 0 fully saturated rings. The second-order valence-corrected chi connectivity index (χ2v) is 7.90. The minimum atomic E-state index is -0.541. The van der Waals surface area contributed by atoms with Gasteiger partial charge in [0.15, 0.2) is 4.34 Å². The van der Waals surface area contributed by atoms with Crippen LogP contribution in [-0.4, -0.2) is 39.8 Å². The van der Waals surface area contributed by atoms with Gasteiger partial charge in [-0.3, -0.25) is 25.0 Å². The zero-order chi connectivity index (χ0) is 21.5. The summed E-state index contributed by atoms with van der Waals surface area (Å²) in [6.45, 7) is 0. The molecule has 12 heteroatoms. The van der Waals surface area contributed by atoms with Gasteiger partial charge in [0.25, 0.3) is 11.6 Å². The average molecular weight is 445 g/mol. The molecule has 30 heavy (non-hydrogen) atoms. The number of carbonyl (C=O) groups excluding carboxylic acids is 2. The number of aromatic nitrogens is 2. The number of thioether (sulfide) groups is 1. The molecule has 0 unspecified atom stereocenters. The number of anilines is 2. The number of benzene rings is 2. The van der Waals surface area contributed by atoms with Gasteiger partial charge >= 0.3 is 0 Å². The first-order valence-electron chi connectivity index (χ1n) is 8.40. The maximum Gasteiger partial charge on any atom is 0.269 e. The lowest BCUT2D eigenvalue weighted by Crippen LogP contribution is -2.13. The molecule has 154 valence electrons. The smallest absolute Gasteiger partial charge is 0.269 e. The summed E-state index contributed by atoms with van der Waals surface area (Å²) >= 11 is 2.30. The Kier molecular flexibility index (Phi) is 6.93. The van der Waals surface area contributed by atoms with Crippen molar-refractivity contribution in [3.8, 4) is 5.75 Å². The summed E-state index contributed by atoms with van der Waals surface area (Å²) in [5, 5.41) is 24.1. The van der Waals surface area contributed by atoms with E-state index < -0.39 is 10.8 Å². The predicted octanol–water partition coefficient (Wildman–Crippen LogP) is 3.44. The van der Waals surface area contributed by atoms with E-state index in [-0.39, 0.29) is 28.0 Å². The van der Waals surface area contributed by atoms with Gasteiger partial charge in [0, 0.05) is 29.4 Å². The Bertz CT molecular complexity index is 1070. The van der Waals surface area contributed by atoms with Crippen LogP contribution >= 0.6 is 23.1 Å². The van der Waals surface area contributed by atoms with Crippen molar-refractivity contribution in [3.05, 3.63) is 64.2 Å². The van der Waals surface area contributed by atoms with E-state index >= 15 is 0 Å². The number of ether oxygens (including phenoxy) is 1. The highest BCUT2D eigenvalue weighted by molar-refractivity contribution is 8.01. The molecule has 0 bridgehead atoms. The van der Waals surface area contributed by atoms with Gasteiger partial charge in [-0.2, -0.15) is 0 Å². The van der Waals surface area contributed by atoms with Crippen molar-refractivity contribution in [3.63, 3.8) is 0 Å². The topological polar surface area (TPSA) is 136 Å². The first-order valence-corrected chi connectivity index (χ1v) is 10.2. The van der Waals surface area contributed by atoms with Gasteiger partial charge in [-0.25, -0.2) is 0 Å². The third-order valence-electron chi connectivity index (χ3n) is 3.65. The van der Waals surface area contributed by atoms with Crippen molar-refractivity contribution < 1.29 is 19.2 Å². The highest BCUT2D eigenvalue weighted by Crippen LogP contribution is 2.26. The highest BCUT2D eigenvalue weighted by Gasteiger charge is 2.13. The van der Waals surface area contributed by atoms with E-state index in [0.29, 0.717) is 15.8 Å². The van der Waals surface area contributed by atoms with Crippen molar-refractivity contribution in [1.29, 1.82) is 0 Å². The number of non-ortho nitro benzene ring substituents is 1. The number of amides is 2. The van der Waals surface area contributed by atoms with Crippen LogP contribution in [0, 0.1) is 10.1 Å². The second-order valence-electron chi connectivity index (χ2n) is 5.70. The van der Waals surface area contributed by atoms with Crippen LogP contribution in [0.25, 0.3) is 0 Å². The largest absolute Gasteiger partial charge is 0.497 e.